The minimum Gasteiger partial charge on any atom is -0.494 e. The Morgan fingerprint density at radius 1 is 0.917 bits per heavy atom. The second-order valence-electron chi connectivity index (χ2n) is 5.51. The first-order valence-electron chi connectivity index (χ1n) is 7.59. The third-order valence-corrected chi connectivity index (χ3v) is 3.81. The Morgan fingerprint density at radius 3 is 2.58 bits per heavy atom. The van der Waals surface area contributed by atoms with E-state index < -0.39 is 0 Å². The van der Waals surface area contributed by atoms with Crippen molar-refractivity contribution < 1.29 is 9.15 Å². The predicted molar refractivity (Wildman–Crippen MR) is 91.8 cm³/mol. The number of hydrogen-bond donors (Lipinski definition) is 0. The van der Waals surface area contributed by atoms with E-state index in [4.69, 9.17) is 9.15 Å². The summed E-state index contributed by atoms with van der Waals surface area (Å²) < 4.78 is 11.2. The molecule has 0 fully saturated rings. The van der Waals surface area contributed by atoms with Gasteiger partial charge in [0.15, 0.2) is 0 Å². The van der Waals surface area contributed by atoms with Crippen molar-refractivity contribution in [1.82, 2.24) is 15.2 Å². The number of ether oxygens (including phenoxy) is 1. The Hall–Kier alpha value is -3.21. The van der Waals surface area contributed by atoms with Gasteiger partial charge in [0.25, 0.3) is 5.89 Å². The first kappa shape index (κ1) is 14.4. The zero-order valence-corrected chi connectivity index (χ0v) is 13.4. The lowest BCUT2D eigenvalue weighted by atomic mass is 10.1. The van der Waals surface area contributed by atoms with E-state index in [9.17, 15) is 0 Å². The molecule has 4 aromatic rings. The van der Waals surface area contributed by atoms with Gasteiger partial charge in [-0.3, -0.25) is 0 Å². The van der Waals surface area contributed by atoms with Gasteiger partial charge in [0.2, 0.25) is 5.89 Å². The van der Waals surface area contributed by atoms with Crippen molar-refractivity contribution in [3.63, 3.8) is 0 Å². The summed E-state index contributed by atoms with van der Waals surface area (Å²) in [5.74, 6) is 1.59. The Kier molecular flexibility index (Phi) is 3.46. The summed E-state index contributed by atoms with van der Waals surface area (Å²) in [6.07, 6.45) is 0. The quantitative estimate of drug-likeness (QED) is 0.565. The number of aryl methyl sites for hydroxylation is 1. The highest BCUT2D eigenvalue weighted by Gasteiger charge is 2.13. The monoisotopic (exact) mass is 317 g/mol. The lowest BCUT2D eigenvalue weighted by Gasteiger charge is -2.04. The molecule has 5 heteroatoms. The van der Waals surface area contributed by atoms with Crippen molar-refractivity contribution >= 4 is 10.9 Å². The van der Waals surface area contributed by atoms with Gasteiger partial charge in [-0.2, -0.15) is 0 Å². The third-order valence-electron chi connectivity index (χ3n) is 3.81. The Bertz CT molecular complexity index is 1020. The van der Waals surface area contributed by atoms with Gasteiger partial charge in [-0.25, -0.2) is 4.98 Å². The molecule has 24 heavy (non-hydrogen) atoms. The van der Waals surface area contributed by atoms with Crippen LogP contribution in [0.1, 0.15) is 5.56 Å². The van der Waals surface area contributed by atoms with E-state index in [-0.39, 0.29) is 0 Å². The normalized spacial score (nSPS) is 10.9. The van der Waals surface area contributed by atoms with E-state index in [0.29, 0.717) is 23.2 Å². The highest BCUT2D eigenvalue weighted by molar-refractivity contribution is 5.86. The average molecular weight is 317 g/mol. The number of rotatable bonds is 3. The molecule has 2 aromatic carbocycles. The molecular weight excluding hydrogens is 302 g/mol. The number of hydrogen-bond acceptors (Lipinski definition) is 5. The van der Waals surface area contributed by atoms with Gasteiger partial charge >= 0.3 is 0 Å². The van der Waals surface area contributed by atoms with Crippen LogP contribution >= 0.6 is 0 Å². The second kappa shape index (κ2) is 5.77. The molecule has 4 rings (SSSR count). The number of pyridine rings is 1. The molecule has 0 aliphatic rings. The molecule has 0 amide bonds. The van der Waals surface area contributed by atoms with E-state index in [0.717, 1.165) is 22.0 Å². The maximum atomic E-state index is 5.81. The van der Waals surface area contributed by atoms with Crippen molar-refractivity contribution in [2.75, 3.05) is 7.11 Å². The molecule has 0 N–H and O–H groups in total. The molecule has 0 bridgehead atoms. The summed E-state index contributed by atoms with van der Waals surface area (Å²) in [6.45, 7) is 2.03. The fourth-order valence-corrected chi connectivity index (χ4v) is 2.63. The SMILES string of the molecule is COc1cccc2ccc(-c3nnc(-c4cccc(C)c4)o3)nc12. The zero-order chi connectivity index (χ0) is 16.5. The van der Waals surface area contributed by atoms with Crippen LogP contribution in [0.25, 0.3) is 33.9 Å². The first-order valence-corrected chi connectivity index (χ1v) is 7.59. The lowest BCUT2D eigenvalue weighted by molar-refractivity contribution is 0.419. The molecule has 0 saturated carbocycles. The van der Waals surface area contributed by atoms with Crippen LogP contribution in [0.3, 0.4) is 0 Å². The second-order valence-corrected chi connectivity index (χ2v) is 5.51. The van der Waals surface area contributed by atoms with Gasteiger partial charge in [-0.05, 0) is 31.2 Å². The fraction of sp³-hybridized carbons (Fsp3) is 0.105. The topological polar surface area (TPSA) is 61.0 Å². The minimum absolute atomic E-state index is 0.388. The van der Waals surface area contributed by atoms with Crippen LogP contribution in [0.5, 0.6) is 5.75 Å². The van der Waals surface area contributed by atoms with Gasteiger partial charge in [0, 0.05) is 10.9 Å². The minimum atomic E-state index is 0.388. The van der Waals surface area contributed by atoms with Crippen LogP contribution in [0.15, 0.2) is 59.0 Å². The average Bonchev–Trinajstić information content (AvgIpc) is 3.11. The summed E-state index contributed by atoms with van der Waals surface area (Å²) in [5, 5.41) is 9.27. The molecule has 0 spiro atoms. The van der Waals surface area contributed by atoms with Crippen molar-refractivity contribution in [3.8, 4) is 28.8 Å². The van der Waals surface area contributed by atoms with Gasteiger partial charge in [-0.15, -0.1) is 10.2 Å². The van der Waals surface area contributed by atoms with Gasteiger partial charge in [0.05, 0.1) is 7.11 Å². The lowest BCUT2D eigenvalue weighted by Crippen LogP contribution is -1.90. The summed E-state index contributed by atoms with van der Waals surface area (Å²) in [6, 6.07) is 17.6. The maximum absolute atomic E-state index is 5.81. The molecule has 0 aliphatic heterocycles. The van der Waals surface area contributed by atoms with Crippen LogP contribution in [0.4, 0.5) is 0 Å². The van der Waals surface area contributed by atoms with Crippen molar-refractivity contribution in [2.45, 2.75) is 6.92 Å². The molecule has 5 nitrogen and oxygen atoms in total. The van der Waals surface area contributed by atoms with Crippen LogP contribution in [-0.2, 0) is 0 Å². The zero-order valence-electron chi connectivity index (χ0n) is 13.4. The van der Waals surface area contributed by atoms with E-state index in [1.165, 1.54) is 0 Å². The number of benzene rings is 2. The number of methoxy groups -OCH3 is 1. The molecule has 118 valence electrons. The Labute approximate surface area is 138 Å². The number of fused-ring (bicyclic) bond motifs is 1. The molecule has 2 aromatic heterocycles. The predicted octanol–water partition coefficient (Wildman–Crippen LogP) is 4.27. The van der Waals surface area contributed by atoms with Crippen LogP contribution in [-0.4, -0.2) is 22.3 Å². The van der Waals surface area contributed by atoms with Crippen molar-refractivity contribution in [3.05, 3.63) is 60.2 Å². The Balaban J connectivity index is 1.78. The molecule has 2 heterocycles. The summed E-state index contributed by atoms with van der Waals surface area (Å²) in [4.78, 5) is 4.62. The molecule has 0 saturated heterocycles. The van der Waals surface area contributed by atoms with Gasteiger partial charge in [0.1, 0.15) is 17.0 Å². The maximum Gasteiger partial charge on any atom is 0.266 e. The standard InChI is InChI=1S/C19H15N3O2/c1-12-5-3-7-14(11-12)18-21-22-19(24-18)15-10-9-13-6-4-8-16(23-2)17(13)20-15/h3-11H,1-2H3. The molecule has 0 unspecified atom stereocenters. The highest BCUT2D eigenvalue weighted by atomic mass is 16.5. The van der Waals surface area contributed by atoms with Crippen molar-refractivity contribution in [2.24, 2.45) is 0 Å². The van der Waals surface area contributed by atoms with Gasteiger partial charge in [-0.1, -0.05) is 35.9 Å². The smallest absolute Gasteiger partial charge is 0.266 e. The molecular formula is C19H15N3O2. The molecule has 0 radical (unpaired) electrons. The largest absolute Gasteiger partial charge is 0.494 e. The summed E-state index contributed by atoms with van der Waals surface area (Å²) in [7, 11) is 1.63. The van der Waals surface area contributed by atoms with E-state index in [1.54, 1.807) is 7.11 Å². The van der Waals surface area contributed by atoms with Crippen LogP contribution < -0.4 is 4.74 Å². The van der Waals surface area contributed by atoms with E-state index in [1.807, 2.05) is 61.5 Å². The first-order chi connectivity index (χ1) is 11.7. The van der Waals surface area contributed by atoms with Crippen molar-refractivity contribution in [1.29, 1.82) is 0 Å². The Morgan fingerprint density at radius 2 is 1.75 bits per heavy atom. The number of nitrogens with zero attached hydrogens (tertiary/aromatic N) is 3. The van der Waals surface area contributed by atoms with Gasteiger partial charge < -0.3 is 9.15 Å². The number of para-hydroxylation sites is 1. The van der Waals surface area contributed by atoms with E-state index in [2.05, 4.69) is 15.2 Å². The number of aromatic nitrogens is 3. The summed E-state index contributed by atoms with van der Waals surface area (Å²) in [5.41, 5.74) is 3.43. The van der Waals surface area contributed by atoms with Crippen LogP contribution in [0.2, 0.25) is 0 Å². The summed E-state index contributed by atoms with van der Waals surface area (Å²) >= 11 is 0. The van der Waals surface area contributed by atoms with Crippen LogP contribution in [0, 0.1) is 6.92 Å². The molecule has 0 atom stereocenters. The fourth-order valence-electron chi connectivity index (χ4n) is 2.63. The molecule has 0 aliphatic carbocycles. The third kappa shape index (κ3) is 2.50. The van der Waals surface area contributed by atoms with E-state index >= 15 is 0 Å². The highest BCUT2D eigenvalue weighted by Crippen LogP contribution is 2.28.